The lowest BCUT2D eigenvalue weighted by molar-refractivity contribution is 0.318. The van der Waals surface area contributed by atoms with Crippen LogP contribution < -0.4 is 0 Å². The van der Waals surface area contributed by atoms with E-state index in [1.165, 1.54) is 31.1 Å². The van der Waals surface area contributed by atoms with Gasteiger partial charge in [0.1, 0.15) is 16.5 Å². The molecule has 0 aliphatic rings. The molecular weight excluding hydrogens is 294 g/mol. The van der Waals surface area contributed by atoms with E-state index in [2.05, 4.69) is 64.3 Å². The first-order valence-corrected chi connectivity index (χ1v) is 17.9. The van der Waals surface area contributed by atoms with Gasteiger partial charge < -0.3 is 8.66 Å². The first-order valence-electron chi connectivity index (χ1n) is 8.44. The molecule has 0 aliphatic carbocycles. The van der Waals surface area contributed by atoms with Crippen LogP contribution in [0.25, 0.3) is 0 Å². The summed E-state index contributed by atoms with van der Waals surface area (Å²) in [7, 11) is -3.80. The maximum atomic E-state index is 6.22. The molecule has 0 saturated heterocycles. The van der Waals surface area contributed by atoms with Gasteiger partial charge in [0.2, 0.25) is 0 Å². The molecule has 0 N–H and O–H groups in total. The summed E-state index contributed by atoms with van der Waals surface area (Å²) >= 11 is 0. The predicted octanol–water partition coefficient (Wildman–Crippen LogP) is 5.37. The predicted molar refractivity (Wildman–Crippen MR) is 101 cm³/mol. The van der Waals surface area contributed by atoms with Crippen LogP contribution >= 0.6 is 0 Å². The molecule has 0 aromatic rings. The maximum Gasteiger partial charge on any atom is 0.192 e. The Bertz CT molecular complexity index is 253. The van der Waals surface area contributed by atoms with Crippen molar-refractivity contribution in [2.45, 2.75) is 84.6 Å². The average Bonchev–Trinajstić information content (AvgIpc) is 2.30. The summed E-state index contributed by atoms with van der Waals surface area (Å²) in [6.07, 6.45) is 1.34. The lowest BCUT2D eigenvalue weighted by Gasteiger charge is -2.44. The number of hydrogen-bond acceptors (Lipinski definition) is 2. The summed E-state index contributed by atoms with van der Waals surface area (Å²) in [4.78, 5) is 0. The van der Waals surface area contributed by atoms with E-state index in [9.17, 15) is 0 Å². The molecule has 2 nitrogen and oxygen atoms in total. The highest BCUT2D eigenvalue weighted by molar-refractivity contribution is 6.89. The standard InChI is InChI=1S/C15H39NOSi3/c1-10-17-20(11-2,12-3)15-13-14-16(18(4,5)6)19(7,8)9/h10-15H2,1-9H3. The van der Waals surface area contributed by atoms with Crippen molar-refractivity contribution < 1.29 is 4.43 Å². The van der Waals surface area contributed by atoms with Crippen molar-refractivity contribution in [3.05, 3.63) is 0 Å². The van der Waals surface area contributed by atoms with E-state index in [4.69, 9.17) is 4.43 Å². The van der Waals surface area contributed by atoms with E-state index in [1.54, 1.807) is 0 Å². The second-order valence-electron chi connectivity index (χ2n) is 7.92. The van der Waals surface area contributed by atoms with Gasteiger partial charge in [-0.1, -0.05) is 53.1 Å². The van der Waals surface area contributed by atoms with Gasteiger partial charge in [-0.05, 0) is 38.0 Å². The van der Waals surface area contributed by atoms with Gasteiger partial charge in [0.05, 0.1) is 0 Å². The average molecular weight is 334 g/mol. The minimum absolute atomic E-state index is 0.902. The summed E-state index contributed by atoms with van der Waals surface area (Å²) in [5.41, 5.74) is 0. The van der Waals surface area contributed by atoms with Gasteiger partial charge >= 0.3 is 0 Å². The summed E-state index contributed by atoms with van der Waals surface area (Å²) < 4.78 is 9.14. The molecule has 0 aromatic carbocycles. The van der Waals surface area contributed by atoms with Gasteiger partial charge in [0.25, 0.3) is 0 Å². The fraction of sp³-hybridized carbons (Fsp3) is 1.00. The van der Waals surface area contributed by atoms with Gasteiger partial charge in [-0.25, -0.2) is 0 Å². The zero-order valence-corrected chi connectivity index (χ0v) is 18.6. The third-order valence-electron chi connectivity index (χ3n) is 4.37. The Kier molecular flexibility index (Phi) is 8.50. The smallest absolute Gasteiger partial charge is 0.192 e. The van der Waals surface area contributed by atoms with E-state index in [1.807, 2.05) is 0 Å². The molecule has 5 heteroatoms. The van der Waals surface area contributed by atoms with E-state index in [0.29, 0.717) is 0 Å². The summed E-state index contributed by atoms with van der Waals surface area (Å²) in [5, 5.41) is 0. The van der Waals surface area contributed by atoms with Crippen LogP contribution in [0, 0.1) is 0 Å². The Hall–Kier alpha value is 0.571. The van der Waals surface area contributed by atoms with Gasteiger partial charge in [0, 0.05) is 6.61 Å². The Balaban J connectivity index is 4.65. The monoisotopic (exact) mass is 333 g/mol. The highest BCUT2D eigenvalue weighted by atomic mass is 28.4. The van der Waals surface area contributed by atoms with E-state index < -0.39 is 24.8 Å². The third-order valence-corrected chi connectivity index (χ3v) is 16.8. The van der Waals surface area contributed by atoms with Gasteiger partial charge in [-0.15, -0.1) is 0 Å². The summed E-state index contributed by atoms with van der Waals surface area (Å²) in [6.45, 7) is 24.0. The molecule has 0 atom stereocenters. The van der Waals surface area contributed by atoms with Gasteiger partial charge in [-0.2, -0.15) is 0 Å². The first-order chi connectivity index (χ1) is 9.02. The van der Waals surface area contributed by atoms with E-state index >= 15 is 0 Å². The zero-order chi connectivity index (χ0) is 16.0. The molecule has 122 valence electrons. The van der Waals surface area contributed by atoms with Crippen molar-refractivity contribution in [2.24, 2.45) is 0 Å². The molecule has 0 amide bonds. The number of hydrogen-bond donors (Lipinski definition) is 0. The summed E-state index contributed by atoms with van der Waals surface area (Å²) in [5.74, 6) is 0. The Morgan fingerprint density at radius 3 is 1.55 bits per heavy atom. The van der Waals surface area contributed by atoms with Crippen molar-refractivity contribution in [1.82, 2.24) is 4.23 Å². The molecule has 0 rings (SSSR count). The number of nitrogens with zero attached hydrogens (tertiary/aromatic N) is 1. The van der Waals surface area contributed by atoms with Crippen molar-refractivity contribution in [3.8, 4) is 0 Å². The Morgan fingerprint density at radius 2 is 1.25 bits per heavy atom. The SMILES string of the molecule is CCO[Si](CC)(CC)CCCN([Si](C)(C)C)[Si](C)(C)C. The lowest BCUT2D eigenvalue weighted by atomic mass is 10.5. The van der Waals surface area contributed by atoms with Crippen LogP contribution in [0.5, 0.6) is 0 Å². The van der Waals surface area contributed by atoms with Crippen LogP contribution in [-0.2, 0) is 4.43 Å². The highest BCUT2D eigenvalue weighted by Gasteiger charge is 2.35. The zero-order valence-electron chi connectivity index (χ0n) is 15.6. The quantitative estimate of drug-likeness (QED) is 0.498. The van der Waals surface area contributed by atoms with Crippen molar-refractivity contribution in [3.63, 3.8) is 0 Å². The fourth-order valence-electron chi connectivity index (χ4n) is 3.42. The Morgan fingerprint density at radius 1 is 0.800 bits per heavy atom. The molecule has 0 spiro atoms. The molecule has 0 aromatic heterocycles. The molecular formula is C15H39NOSi3. The fourth-order valence-corrected chi connectivity index (χ4v) is 16.3. The molecule has 0 aliphatic heterocycles. The molecule has 0 unspecified atom stereocenters. The van der Waals surface area contributed by atoms with E-state index in [0.717, 1.165) is 6.61 Å². The summed E-state index contributed by atoms with van der Waals surface area (Å²) in [6, 6.07) is 3.90. The van der Waals surface area contributed by atoms with Crippen molar-refractivity contribution in [2.75, 3.05) is 13.2 Å². The topological polar surface area (TPSA) is 12.5 Å². The van der Waals surface area contributed by atoms with Crippen molar-refractivity contribution >= 4 is 24.8 Å². The molecule has 0 fully saturated rings. The van der Waals surface area contributed by atoms with E-state index in [-0.39, 0.29) is 0 Å². The molecule has 20 heavy (non-hydrogen) atoms. The van der Waals surface area contributed by atoms with Gasteiger partial charge in [-0.3, -0.25) is 0 Å². The second kappa shape index (κ2) is 8.27. The minimum Gasteiger partial charge on any atom is -0.417 e. The molecule has 0 heterocycles. The Labute approximate surface area is 131 Å². The van der Waals surface area contributed by atoms with Crippen LogP contribution in [0.15, 0.2) is 0 Å². The first kappa shape index (κ1) is 20.6. The van der Waals surface area contributed by atoms with Crippen LogP contribution in [0.1, 0.15) is 27.2 Å². The minimum atomic E-state index is -1.42. The normalized spacial score (nSPS) is 14.1. The maximum absolute atomic E-state index is 6.22. The molecule has 0 bridgehead atoms. The van der Waals surface area contributed by atoms with Crippen LogP contribution in [0.2, 0.25) is 57.4 Å². The van der Waals surface area contributed by atoms with Gasteiger partial charge in [0.15, 0.2) is 8.32 Å². The van der Waals surface area contributed by atoms with Crippen LogP contribution in [-0.4, -0.2) is 42.2 Å². The lowest BCUT2D eigenvalue weighted by Crippen LogP contribution is -2.59. The molecule has 0 saturated carbocycles. The number of rotatable bonds is 10. The van der Waals surface area contributed by atoms with Crippen molar-refractivity contribution in [1.29, 1.82) is 0 Å². The second-order valence-corrected chi connectivity index (χ2v) is 22.7. The van der Waals surface area contributed by atoms with Crippen LogP contribution in [0.4, 0.5) is 0 Å². The largest absolute Gasteiger partial charge is 0.417 e. The molecule has 0 radical (unpaired) electrons. The highest BCUT2D eigenvalue weighted by Crippen LogP contribution is 2.26. The third kappa shape index (κ3) is 6.56. The van der Waals surface area contributed by atoms with Crippen LogP contribution in [0.3, 0.4) is 0 Å².